The summed E-state index contributed by atoms with van der Waals surface area (Å²) in [5.74, 6) is -0.0745. The van der Waals surface area contributed by atoms with E-state index < -0.39 is 0 Å². The van der Waals surface area contributed by atoms with Crippen molar-refractivity contribution >= 4 is 34.4 Å². The second kappa shape index (κ2) is 6.25. The molecule has 0 aromatic rings. The number of thiocarbonyl (C=S) groups is 1. The van der Waals surface area contributed by atoms with E-state index in [0.29, 0.717) is 0 Å². The maximum Gasteiger partial charge on any atom is 0.227 e. The molecule has 0 aromatic heterocycles. The van der Waals surface area contributed by atoms with Gasteiger partial charge in [-0.25, -0.2) is 0 Å². The molecule has 0 spiro atoms. The molecule has 12 heavy (non-hydrogen) atoms. The number of nitrogens with zero attached hydrogens (tertiary/aromatic N) is 1. The molecule has 0 atom stereocenters. The lowest BCUT2D eigenvalue weighted by atomic mass is 10.6. The lowest BCUT2D eigenvalue weighted by Gasteiger charge is -2.20. The number of nitrogens with one attached hydrogen (secondary N) is 1. The van der Waals surface area contributed by atoms with Gasteiger partial charge in [0, 0.05) is 32.0 Å². The van der Waals surface area contributed by atoms with Gasteiger partial charge in [0.05, 0.1) is 0 Å². The average Bonchev–Trinajstić information content (AvgIpc) is 2.03. The molecule has 0 unspecified atom stereocenters. The molecule has 0 aliphatic rings. The van der Waals surface area contributed by atoms with Gasteiger partial charge in [0.2, 0.25) is 5.91 Å². The van der Waals surface area contributed by atoms with E-state index in [1.54, 1.807) is 0 Å². The molecule has 0 radical (unpaired) electrons. The van der Waals surface area contributed by atoms with Crippen molar-refractivity contribution in [2.75, 3.05) is 13.1 Å². The van der Waals surface area contributed by atoms with E-state index in [-0.39, 0.29) is 5.91 Å². The first-order chi connectivity index (χ1) is 5.61. The first-order valence-corrected chi connectivity index (χ1v) is 5.06. The fourth-order valence-electron chi connectivity index (χ4n) is 0.662. The minimum Gasteiger partial charge on any atom is -0.357 e. The summed E-state index contributed by atoms with van der Waals surface area (Å²) in [5, 5.41) is 0. The molecule has 3 nitrogen and oxygen atoms in total. The molecule has 0 rings (SSSR count). The van der Waals surface area contributed by atoms with Crippen molar-refractivity contribution in [2.45, 2.75) is 20.8 Å². The van der Waals surface area contributed by atoms with Gasteiger partial charge in [-0.3, -0.25) is 9.52 Å². The van der Waals surface area contributed by atoms with Crippen LogP contribution in [-0.4, -0.2) is 28.2 Å². The SMILES string of the molecule is CCN(CC)C(=S)SNC(C)=O. The van der Waals surface area contributed by atoms with Gasteiger partial charge in [-0.15, -0.1) is 0 Å². The minimum atomic E-state index is -0.0745. The van der Waals surface area contributed by atoms with Crippen molar-refractivity contribution in [3.63, 3.8) is 0 Å². The van der Waals surface area contributed by atoms with Gasteiger partial charge < -0.3 is 4.90 Å². The van der Waals surface area contributed by atoms with Crippen LogP contribution in [0.2, 0.25) is 0 Å². The second-order valence-corrected chi connectivity index (χ2v) is 3.64. The van der Waals surface area contributed by atoms with Crippen LogP contribution >= 0.6 is 24.2 Å². The Hall–Kier alpha value is -0.290. The van der Waals surface area contributed by atoms with Gasteiger partial charge in [0.1, 0.15) is 0 Å². The predicted octanol–water partition coefficient (Wildman–Crippen LogP) is 1.40. The van der Waals surface area contributed by atoms with E-state index in [1.165, 1.54) is 18.9 Å². The third-order valence-electron chi connectivity index (χ3n) is 1.30. The Bertz CT molecular complexity index is 169. The van der Waals surface area contributed by atoms with Crippen LogP contribution in [0.4, 0.5) is 0 Å². The molecular weight excluding hydrogens is 192 g/mol. The molecule has 70 valence electrons. The average molecular weight is 206 g/mol. The normalized spacial score (nSPS) is 9.25. The Morgan fingerprint density at radius 1 is 1.50 bits per heavy atom. The molecule has 0 bridgehead atoms. The van der Waals surface area contributed by atoms with E-state index in [1.807, 2.05) is 18.7 Å². The second-order valence-electron chi connectivity index (χ2n) is 2.20. The first-order valence-electron chi connectivity index (χ1n) is 3.84. The van der Waals surface area contributed by atoms with Crippen LogP contribution in [0.1, 0.15) is 20.8 Å². The highest BCUT2D eigenvalue weighted by Crippen LogP contribution is 2.04. The summed E-state index contributed by atoms with van der Waals surface area (Å²) in [6.45, 7) is 7.29. The van der Waals surface area contributed by atoms with Crippen molar-refractivity contribution < 1.29 is 4.79 Å². The number of hydrogen-bond acceptors (Lipinski definition) is 3. The van der Waals surface area contributed by atoms with Crippen LogP contribution in [0.5, 0.6) is 0 Å². The monoisotopic (exact) mass is 206 g/mol. The van der Waals surface area contributed by atoms with Crippen molar-refractivity contribution in [1.29, 1.82) is 0 Å². The van der Waals surface area contributed by atoms with Gasteiger partial charge >= 0.3 is 0 Å². The van der Waals surface area contributed by atoms with Gasteiger partial charge in [-0.2, -0.15) is 0 Å². The molecule has 0 aromatic carbocycles. The molecule has 0 heterocycles. The smallest absolute Gasteiger partial charge is 0.227 e. The molecule has 5 heteroatoms. The fraction of sp³-hybridized carbons (Fsp3) is 0.714. The lowest BCUT2D eigenvalue weighted by Crippen LogP contribution is -2.29. The van der Waals surface area contributed by atoms with Gasteiger partial charge in [0.15, 0.2) is 4.32 Å². The summed E-state index contributed by atoms with van der Waals surface area (Å²) < 4.78 is 3.31. The zero-order valence-electron chi connectivity index (χ0n) is 7.59. The van der Waals surface area contributed by atoms with E-state index >= 15 is 0 Å². The topological polar surface area (TPSA) is 32.3 Å². The molecular formula is C7H14N2OS2. The highest BCUT2D eigenvalue weighted by molar-refractivity contribution is 8.21. The summed E-state index contributed by atoms with van der Waals surface area (Å²) in [7, 11) is 0. The van der Waals surface area contributed by atoms with Crippen molar-refractivity contribution in [3.8, 4) is 0 Å². The molecule has 0 saturated heterocycles. The number of carbonyl (C=O) groups is 1. The minimum absolute atomic E-state index is 0.0745. The Morgan fingerprint density at radius 3 is 2.33 bits per heavy atom. The maximum absolute atomic E-state index is 10.5. The standard InChI is InChI=1S/C7H14N2OS2/c1-4-9(5-2)7(11)12-8-6(3)10/h4-5H2,1-3H3,(H,8,10). The number of rotatable bonds is 2. The molecule has 0 aliphatic carbocycles. The molecule has 0 aliphatic heterocycles. The van der Waals surface area contributed by atoms with E-state index in [2.05, 4.69) is 4.72 Å². The highest BCUT2D eigenvalue weighted by Gasteiger charge is 2.05. The largest absolute Gasteiger partial charge is 0.357 e. The zero-order chi connectivity index (χ0) is 9.56. The maximum atomic E-state index is 10.5. The Labute approximate surface area is 83.0 Å². The number of hydrogen-bond donors (Lipinski definition) is 1. The van der Waals surface area contributed by atoms with Gasteiger partial charge in [0.25, 0.3) is 0 Å². The van der Waals surface area contributed by atoms with E-state index in [0.717, 1.165) is 17.4 Å². The van der Waals surface area contributed by atoms with E-state index in [4.69, 9.17) is 12.2 Å². The van der Waals surface area contributed by atoms with Crippen LogP contribution in [0.3, 0.4) is 0 Å². The summed E-state index contributed by atoms with van der Waals surface area (Å²) >= 11 is 6.27. The summed E-state index contributed by atoms with van der Waals surface area (Å²) in [6.07, 6.45) is 0. The van der Waals surface area contributed by atoms with Gasteiger partial charge in [-0.1, -0.05) is 12.2 Å². The third-order valence-corrected chi connectivity index (χ3v) is 2.63. The van der Waals surface area contributed by atoms with Crippen molar-refractivity contribution in [3.05, 3.63) is 0 Å². The van der Waals surface area contributed by atoms with Crippen LogP contribution in [0, 0.1) is 0 Å². The molecule has 1 N–H and O–H groups in total. The summed E-state index contributed by atoms with van der Waals surface area (Å²) in [4.78, 5) is 12.5. The highest BCUT2D eigenvalue weighted by atomic mass is 32.2. The molecule has 0 saturated carbocycles. The van der Waals surface area contributed by atoms with Crippen molar-refractivity contribution in [2.24, 2.45) is 0 Å². The Balaban J connectivity index is 3.77. The van der Waals surface area contributed by atoms with Crippen LogP contribution in [-0.2, 0) is 4.79 Å². The summed E-state index contributed by atoms with van der Waals surface area (Å²) in [5.41, 5.74) is 0. The van der Waals surface area contributed by atoms with Gasteiger partial charge in [-0.05, 0) is 13.8 Å². The Morgan fingerprint density at radius 2 is 2.00 bits per heavy atom. The lowest BCUT2D eigenvalue weighted by molar-refractivity contribution is -0.117. The van der Waals surface area contributed by atoms with Crippen LogP contribution < -0.4 is 4.72 Å². The molecule has 0 fully saturated rings. The fourth-order valence-corrected chi connectivity index (χ4v) is 1.66. The number of amides is 1. The van der Waals surface area contributed by atoms with Crippen LogP contribution in [0.25, 0.3) is 0 Å². The van der Waals surface area contributed by atoms with Crippen molar-refractivity contribution in [1.82, 2.24) is 9.62 Å². The quantitative estimate of drug-likeness (QED) is 0.547. The number of carbonyl (C=O) groups excluding carboxylic acids is 1. The first kappa shape index (κ1) is 11.7. The van der Waals surface area contributed by atoms with Crippen LogP contribution in [0.15, 0.2) is 0 Å². The third kappa shape index (κ3) is 4.56. The summed E-state index contributed by atoms with van der Waals surface area (Å²) in [6, 6.07) is 0. The van der Waals surface area contributed by atoms with E-state index in [9.17, 15) is 4.79 Å². The molecule has 1 amide bonds. The zero-order valence-corrected chi connectivity index (χ0v) is 9.22. The Kier molecular flexibility index (Phi) is 6.10. The predicted molar refractivity (Wildman–Crippen MR) is 56.9 cm³/mol.